The molecule has 0 bridgehead atoms. The Labute approximate surface area is 180 Å². The zero-order valence-electron chi connectivity index (χ0n) is 17.5. The van der Waals surface area contributed by atoms with Crippen LogP contribution in [0.1, 0.15) is 24.0 Å². The van der Waals surface area contributed by atoms with Gasteiger partial charge in [-0.2, -0.15) is 0 Å². The van der Waals surface area contributed by atoms with E-state index >= 15 is 0 Å². The van der Waals surface area contributed by atoms with Crippen molar-refractivity contribution >= 4 is 11.9 Å². The van der Waals surface area contributed by atoms with E-state index in [1.807, 2.05) is 13.0 Å². The quantitative estimate of drug-likeness (QED) is 0.467. The Morgan fingerprint density at radius 3 is 1.87 bits per heavy atom. The van der Waals surface area contributed by atoms with Gasteiger partial charge in [0.15, 0.2) is 5.60 Å². The highest BCUT2D eigenvalue weighted by atomic mass is 16.4. The van der Waals surface area contributed by atoms with E-state index < -0.39 is 17.5 Å². The van der Waals surface area contributed by atoms with Crippen LogP contribution >= 0.6 is 0 Å². The minimum Gasteiger partial charge on any atom is -0.473 e. The Bertz CT molecular complexity index is 874. The van der Waals surface area contributed by atoms with Gasteiger partial charge in [0.05, 0.1) is 12.5 Å². The maximum Gasteiger partial charge on any atom is 0.414 e. The summed E-state index contributed by atoms with van der Waals surface area (Å²) >= 11 is 0. The van der Waals surface area contributed by atoms with Crippen molar-refractivity contribution in [2.24, 2.45) is 5.92 Å². The molecule has 1 atom stereocenters. The summed E-state index contributed by atoms with van der Waals surface area (Å²) in [4.78, 5) is 20.4. The van der Waals surface area contributed by atoms with E-state index in [0.717, 1.165) is 13.0 Å². The molecule has 8 heteroatoms. The third-order valence-electron chi connectivity index (χ3n) is 4.90. The van der Waals surface area contributed by atoms with Gasteiger partial charge in [0.25, 0.3) is 0 Å². The van der Waals surface area contributed by atoms with E-state index in [4.69, 9.17) is 28.6 Å². The monoisotopic (exact) mass is 429 g/mol. The van der Waals surface area contributed by atoms with Crippen LogP contribution in [-0.2, 0) is 21.6 Å². The molecule has 3 N–H and O–H groups in total. The fraction of sp³-hybridized carbons (Fsp3) is 0.304. The zero-order valence-corrected chi connectivity index (χ0v) is 17.5. The van der Waals surface area contributed by atoms with Crippen LogP contribution in [0.4, 0.5) is 0 Å². The lowest BCUT2D eigenvalue weighted by Gasteiger charge is -2.33. The van der Waals surface area contributed by atoms with Crippen LogP contribution in [0.15, 0.2) is 76.0 Å². The molecule has 0 aliphatic rings. The Morgan fingerprint density at radius 1 is 0.935 bits per heavy atom. The summed E-state index contributed by atoms with van der Waals surface area (Å²) in [5.41, 5.74) is 0.0305. The first kappa shape index (κ1) is 23.9. The lowest BCUT2D eigenvalue weighted by molar-refractivity contribution is -0.159. The second-order valence-corrected chi connectivity index (χ2v) is 7.23. The molecule has 1 unspecified atom stereocenters. The Balaban J connectivity index is 0.000000501. The van der Waals surface area contributed by atoms with Crippen LogP contribution in [0.3, 0.4) is 0 Å². The van der Waals surface area contributed by atoms with Gasteiger partial charge in [-0.25, -0.2) is 9.59 Å². The van der Waals surface area contributed by atoms with Gasteiger partial charge in [-0.1, -0.05) is 37.3 Å². The molecule has 0 aliphatic heterocycles. The molecule has 31 heavy (non-hydrogen) atoms. The minimum absolute atomic E-state index is 0.106. The molecule has 1 aromatic carbocycles. The standard InChI is InChI=1S/C21H25NO3.C2H2O4/c1-17(16-22(2)13-12-18-8-4-3-5-9-18)21(23,19-10-6-14-24-19)20-11-7-15-25-20;3-1(4)2(5)6/h3-11,14-15,17,23H,12-13,16H2,1-2H3;(H,3,4)(H,5,6). The van der Waals surface area contributed by atoms with Crippen LogP contribution in [-0.4, -0.2) is 52.3 Å². The van der Waals surface area contributed by atoms with Crippen molar-refractivity contribution in [3.05, 3.63) is 84.2 Å². The molecule has 3 aromatic rings. The summed E-state index contributed by atoms with van der Waals surface area (Å²) in [5, 5.41) is 26.2. The van der Waals surface area contributed by atoms with Crippen molar-refractivity contribution in [2.45, 2.75) is 18.9 Å². The van der Waals surface area contributed by atoms with E-state index in [9.17, 15) is 5.11 Å². The van der Waals surface area contributed by atoms with E-state index in [2.05, 4.69) is 36.2 Å². The van der Waals surface area contributed by atoms with Gasteiger partial charge in [-0.15, -0.1) is 0 Å². The average molecular weight is 429 g/mol. The van der Waals surface area contributed by atoms with Crippen molar-refractivity contribution in [1.82, 2.24) is 4.90 Å². The number of hydrogen-bond donors (Lipinski definition) is 3. The predicted octanol–water partition coefficient (Wildman–Crippen LogP) is 3.07. The third kappa shape index (κ3) is 6.56. The summed E-state index contributed by atoms with van der Waals surface area (Å²) in [6.07, 6.45) is 4.13. The summed E-state index contributed by atoms with van der Waals surface area (Å²) in [7, 11) is 2.07. The maximum atomic E-state index is 11.4. The van der Waals surface area contributed by atoms with Gasteiger partial charge in [-0.05, 0) is 43.3 Å². The maximum absolute atomic E-state index is 11.4. The lowest BCUT2D eigenvalue weighted by atomic mass is 9.83. The van der Waals surface area contributed by atoms with Crippen molar-refractivity contribution in [3.8, 4) is 0 Å². The lowest BCUT2D eigenvalue weighted by Crippen LogP contribution is -2.41. The fourth-order valence-corrected chi connectivity index (χ4v) is 3.25. The molecular weight excluding hydrogens is 402 g/mol. The van der Waals surface area contributed by atoms with E-state index in [0.29, 0.717) is 18.1 Å². The fourth-order valence-electron chi connectivity index (χ4n) is 3.25. The molecule has 8 nitrogen and oxygen atoms in total. The van der Waals surface area contributed by atoms with Crippen molar-refractivity contribution in [2.75, 3.05) is 20.1 Å². The normalized spacial score (nSPS) is 12.1. The molecule has 166 valence electrons. The Hall–Kier alpha value is -3.36. The molecule has 3 rings (SSSR count). The number of carboxylic acid groups (broad SMARTS) is 2. The summed E-state index contributed by atoms with van der Waals surface area (Å²) in [5.74, 6) is -2.74. The van der Waals surface area contributed by atoms with E-state index in [1.165, 1.54) is 5.56 Å². The molecule has 0 fully saturated rings. The van der Waals surface area contributed by atoms with Crippen LogP contribution in [0.25, 0.3) is 0 Å². The van der Waals surface area contributed by atoms with Gasteiger partial charge in [0, 0.05) is 19.0 Å². The molecule has 2 aromatic heterocycles. The number of carbonyl (C=O) groups is 2. The molecule has 0 radical (unpaired) electrons. The van der Waals surface area contributed by atoms with E-state index in [-0.39, 0.29) is 5.92 Å². The third-order valence-corrected chi connectivity index (χ3v) is 4.90. The molecule has 0 aliphatic carbocycles. The number of likely N-dealkylation sites (N-methyl/N-ethyl adjacent to an activating group) is 1. The highest BCUT2D eigenvalue weighted by Crippen LogP contribution is 2.37. The summed E-state index contributed by atoms with van der Waals surface area (Å²) in [6.45, 7) is 3.65. The van der Waals surface area contributed by atoms with Crippen LogP contribution in [0.2, 0.25) is 0 Å². The molecule has 0 spiro atoms. The number of nitrogens with zero attached hydrogens (tertiary/aromatic N) is 1. The molecule has 0 saturated heterocycles. The molecular formula is C23H27NO7. The molecule has 0 amide bonds. The molecule has 2 heterocycles. The number of hydrogen-bond acceptors (Lipinski definition) is 6. The second kappa shape index (κ2) is 11.1. The van der Waals surface area contributed by atoms with Crippen molar-refractivity contribution < 1.29 is 33.7 Å². The number of rotatable bonds is 8. The number of furan rings is 2. The Morgan fingerprint density at radius 2 is 1.45 bits per heavy atom. The van der Waals surface area contributed by atoms with Gasteiger partial charge >= 0.3 is 11.9 Å². The largest absolute Gasteiger partial charge is 0.473 e. The first-order valence-corrected chi connectivity index (χ1v) is 9.74. The smallest absolute Gasteiger partial charge is 0.414 e. The SMILES string of the molecule is CC(CN(C)CCc1ccccc1)C(O)(c1ccco1)c1ccco1.O=C(O)C(=O)O. The first-order valence-electron chi connectivity index (χ1n) is 9.74. The predicted molar refractivity (Wildman–Crippen MR) is 112 cm³/mol. The summed E-state index contributed by atoms with van der Waals surface area (Å²) in [6, 6.07) is 17.6. The zero-order chi connectivity index (χ0) is 22.9. The van der Waals surface area contributed by atoms with E-state index in [1.54, 1.807) is 36.8 Å². The highest BCUT2D eigenvalue weighted by molar-refractivity contribution is 6.27. The minimum atomic E-state index is -1.82. The number of aliphatic carboxylic acids is 2. The second-order valence-electron chi connectivity index (χ2n) is 7.23. The van der Waals surface area contributed by atoms with Gasteiger partial charge in [0.2, 0.25) is 0 Å². The highest BCUT2D eigenvalue weighted by Gasteiger charge is 2.43. The van der Waals surface area contributed by atoms with Crippen LogP contribution in [0.5, 0.6) is 0 Å². The van der Waals surface area contributed by atoms with Gasteiger partial charge in [-0.3, -0.25) is 0 Å². The van der Waals surface area contributed by atoms with Gasteiger partial charge in [0.1, 0.15) is 11.5 Å². The average Bonchev–Trinajstić information content (AvgIpc) is 3.47. The van der Waals surface area contributed by atoms with Gasteiger partial charge < -0.3 is 29.1 Å². The van der Waals surface area contributed by atoms with Crippen LogP contribution in [0, 0.1) is 5.92 Å². The molecule has 0 saturated carbocycles. The van der Waals surface area contributed by atoms with Crippen molar-refractivity contribution in [1.29, 1.82) is 0 Å². The number of aliphatic hydroxyl groups is 1. The first-order chi connectivity index (χ1) is 14.7. The topological polar surface area (TPSA) is 124 Å². The Kier molecular flexibility index (Phi) is 8.60. The number of benzene rings is 1. The van der Waals surface area contributed by atoms with Crippen molar-refractivity contribution in [3.63, 3.8) is 0 Å². The number of carboxylic acids is 2. The van der Waals surface area contributed by atoms with Crippen LogP contribution < -0.4 is 0 Å². The summed E-state index contributed by atoms with van der Waals surface area (Å²) < 4.78 is 11.1.